The molecule has 2 aromatic rings. The SMILES string of the molecule is N#CC(c1cccc(OCc2ccccc2)c1)N1CCCCC1. The highest BCUT2D eigenvalue weighted by atomic mass is 16.5. The molecule has 3 heteroatoms. The molecule has 3 nitrogen and oxygen atoms in total. The predicted octanol–water partition coefficient (Wildman–Crippen LogP) is 4.32. The summed E-state index contributed by atoms with van der Waals surface area (Å²) in [6.45, 7) is 2.56. The first-order valence-corrected chi connectivity index (χ1v) is 8.27. The fraction of sp³-hybridized carbons (Fsp3) is 0.350. The molecule has 3 rings (SSSR count). The van der Waals surface area contributed by atoms with E-state index in [1.54, 1.807) is 0 Å². The number of nitrogens with zero attached hydrogens (tertiary/aromatic N) is 2. The number of likely N-dealkylation sites (tertiary alicyclic amines) is 1. The molecule has 2 aromatic carbocycles. The van der Waals surface area contributed by atoms with E-state index in [0.29, 0.717) is 6.61 Å². The van der Waals surface area contributed by atoms with Gasteiger partial charge in [0.05, 0.1) is 6.07 Å². The van der Waals surface area contributed by atoms with Crippen molar-refractivity contribution in [1.82, 2.24) is 4.90 Å². The lowest BCUT2D eigenvalue weighted by Gasteiger charge is -2.30. The molecule has 0 saturated carbocycles. The van der Waals surface area contributed by atoms with Gasteiger partial charge < -0.3 is 4.74 Å². The number of piperidine rings is 1. The van der Waals surface area contributed by atoms with E-state index in [-0.39, 0.29) is 6.04 Å². The van der Waals surface area contributed by atoms with Crippen LogP contribution >= 0.6 is 0 Å². The van der Waals surface area contributed by atoms with E-state index in [9.17, 15) is 5.26 Å². The van der Waals surface area contributed by atoms with Crippen molar-refractivity contribution in [3.63, 3.8) is 0 Å². The molecule has 0 radical (unpaired) electrons. The number of hydrogen-bond donors (Lipinski definition) is 0. The van der Waals surface area contributed by atoms with E-state index in [0.717, 1.165) is 30.0 Å². The second-order valence-electron chi connectivity index (χ2n) is 5.98. The van der Waals surface area contributed by atoms with Gasteiger partial charge in [-0.15, -0.1) is 0 Å². The molecule has 0 spiro atoms. The van der Waals surface area contributed by atoms with E-state index in [4.69, 9.17) is 4.74 Å². The maximum absolute atomic E-state index is 9.60. The number of benzene rings is 2. The first-order chi connectivity index (χ1) is 11.4. The number of nitriles is 1. The van der Waals surface area contributed by atoms with Crippen LogP contribution in [0.4, 0.5) is 0 Å². The van der Waals surface area contributed by atoms with Gasteiger partial charge in [0.1, 0.15) is 18.4 Å². The molecule has 1 unspecified atom stereocenters. The quantitative estimate of drug-likeness (QED) is 0.825. The van der Waals surface area contributed by atoms with Crippen molar-refractivity contribution < 1.29 is 4.74 Å². The van der Waals surface area contributed by atoms with Crippen molar-refractivity contribution in [2.24, 2.45) is 0 Å². The van der Waals surface area contributed by atoms with Crippen molar-refractivity contribution in [2.75, 3.05) is 13.1 Å². The van der Waals surface area contributed by atoms with Crippen LogP contribution in [0.5, 0.6) is 5.75 Å². The van der Waals surface area contributed by atoms with Crippen LogP contribution in [0.25, 0.3) is 0 Å². The third kappa shape index (κ3) is 4.12. The third-order valence-corrected chi connectivity index (χ3v) is 4.30. The molecule has 0 aliphatic carbocycles. The van der Waals surface area contributed by atoms with E-state index >= 15 is 0 Å². The topological polar surface area (TPSA) is 36.3 Å². The molecule has 0 aromatic heterocycles. The Balaban J connectivity index is 1.69. The normalized spacial score (nSPS) is 16.5. The predicted molar refractivity (Wildman–Crippen MR) is 91.0 cm³/mol. The molecule has 1 aliphatic heterocycles. The van der Waals surface area contributed by atoms with Crippen molar-refractivity contribution >= 4 is 0 Å². The van der Waals surface area contributed by atoms with Gasteiger partial charge in [0.2, 0.25) is 0 Å². The van der Waals surface area contributed by atoms with E-state index in [1.165, 1.54) is 19.3 Å². The lowest BCUT2D eigenvalue weighted by molar-refractivity contribution is 0.195. The van der Waals surface area contributed by atoms with Gasteiger partial charge in [-0.2, -0.15) is 5.26 Å². The smallest absolute Gasteiger partial charge is 0.123 e. The Morgan fingerprint density at radius 1 is 1.00 bits per heavy atom. The summed E-state index contributed by atoms with van der Waals surface area (Å²) >= 11 is 0. The molecule has 0 bridgehead atoms. The Labute approximate surface area is 138 Å². The summed E-state index contributed by atoms with van der Waals surface area (Å²) in [5.41, 5.74) is 2.17. The van der Waals surface area contributed by atoms with Crippen LogP contribution in [0.15, 0.2) is 54.6 Å². The van der Waals surface area contributed by atoms with Crippen molar-refractivity contribution in [3.8, 4) is 11.8 Å². The largest absolute Gasteiger partial charge is 0.489 e. The average molecular weight is 306 g/mol. The minimum Gasteiger partial charge on any atom is -0.489 e. The Kier molecular flexibility index (Phi) is 5.29. The number of rotatable bonds is 5. The monoisotopic (exact) mass is 306 g/mol. The van der Waals surface area contributed by atoms with Crippen LogP contribution in [0.3, 0.4) is 0 Å². The minimum absolute atomic E-state index is 0.171. The Bertz CT molecular complexity index is 657. The summed E-state index contributed by atoms with van der Waals surface area (Å²) in [6, 6.07) is 20.4. The lowest BCUT2D eigenvalue weighted by Crippen LogP contribution is -2.33. The van der Waals surface area contributed by atoms with Crippen LogP contribution in [-0.2, 0) is 6.61 Å². The zero-order valence-corrected chi connectivity index (χ0v) is 13.3. The van der Waals surface area contributed by atoms with E-state index in [1.807, 2.05) is 42.5 Å². The van der Waals surface area contributed by atoms with Crippen LogP contribution in [-0.4, -0.2) is 18.0 Å². The summed E-state index contributed by atoms with van der Waals surface area (Å²) in [4.78, 5) is 2.28. The van der Waals surface area contributed by atoms with Crippen molar-refractivity contribution in [2.45, 2.75) is 31.9 Å². The maximum Gasteiger partial charge on any atom is 0.123 e. The van der Waals surface area contributed by atoms with Crippen LogP contribution < -0.4 is 4.74 Å². The highest BCUT2D eigenvalue weighted by Crippen LogP contribution is 2.27. The molecule has 1 saturated heterocycles. The Morgan fingerprint density at radius 3 is 2.52 bits per heavy atom. The lowest BCUT2D eigenvalue weighted by atomic mass is 10.0. The Morgan fingerprint density at radius 2 is 1.78 bits per heavy atom. The highest BCUT2D eigenvalue weighted by Gasteiger charge is 2.22. The van der Waals surface area contributed by atoms with Crippen molar-refractivity contribution in [1.29, 1.82) is 5.26 Å². The van der Waals surface area contributed by atoms with Gasteiger partial charge in [-0.3, -0.25) is 4.90 Å². The molecule has 23 heavy (non-hydrogen) atoms. The molecule has 118 valence electrons. The van der Waals surface area contributed by atoms with Crippen LogP contribution in [0.2, 0.25) is 0 Å². The van der Waals surface area contributed by atoms with Gasteiger partial charge in [-0.1, -0.05) is 48.9 Å². The molecule has 1 atom stereocenters. The summed E-state index contributed by atoms with van der Waals surface area (Å²) in [7, 11) is 0. The molecule has 0 N–H and O–H groups in total. The highest BCUT2D eigenvalue weighted by molar-refractivity contribution is 5.33. The molecule has 1 aliphatic rings. The van der Waals surface area contributed by atoms with Crippen LogP contribution in [0, 0.1) is 11.3 Å². The first kappa shape index (κ1) is 15.6. The molecule has 0 amide bonds. The first-order valence-electron chi connectivity index (χ1n) is 8.27. The van der Waals surface area contributed by atoms with Gasteiger partial charge in [0, 0.05) is 0 Å². The Hall–Kier alpha value is -2.31. The van der Waals surface area contributed by atoms with Crippen molar-refractivity contribution in [3.05, 3.63) is 65.7 Å². The summed E-state index contributed by atoms with van der Waals surface area (Å²) in [5, 5.41) is 9.60. The number of ether oxygens (including phenoxy) is 1. The summed E-state index contributed by atoms with van der Waals surface area (Å²) in [6.07, 6.45) is 3.64. The summed E-state index contributed by atoms with van der Waals surface area (Å²) in [5.74, 6) is 0.823. The van der Waals surface area contributed by atoms with Crippen LogP contribution in [0.1, 0.15) is 36.4 Å². The zero-order chi connectivity index (χ0) is 15.9. The van der Waals surface area contributed by atoms with E-state index in [2.05, 4.69) is 23.1 Å². The van der Waals surface area contributed by atoms with Gasteiger partial charge >= 0.3 is 0 Å². The van der Waals surface area contributed by atoms with Gasteiger partial charge in [-0.25, -0.2) is 0 Å². The molecular weight excluding hydrogens is 284 g/mol. The maximum atomic E-state index is 9.60. The summed E-state index contributed by atoms with van der Waals surface area (Å²) < 4.78 is 5.89. The second kappa shape index (κ2) is 7.80. The zero-order valence-electron chi connectivity index (χ0n) is 13.3. The molecular formula is C20H22N2O. The fourth-order valence-electron chi connectivity index (χ4n) is 3.06. The second-order valence-corrected chi connectivity index (χ2v) is 5.98. The fourth-order valence-corrected chi connectivity index (χ4v) is 3.06. The van der Waals surface area contributed by atoms with Gasteiger partial charge in [0.15, 0.2) is 0 Å². The average Bonchev–Trinajstić information content (AvgIpc) is 2.63. The molecule has 1 heterocycles. The van der Waals surface area contributed by atoms with E-state index < -0.39 is 0 Å². The van der Waals surface area contributed by atoms with Gasteiger partial charge in [0.25, 0.3) is 0 Å². The third-order valence-electron chi connectivity index (χ3n) is 4.30. The van der Waals surface area contributed by atoms with Gasteiger partial charge in [-0.05, 0) is 49.2 Å². The minimum atomic E-state index is -0.171. The number of hydrogen-bond acceptors (Lipinski definition) is 3. The standard InChI is InChI=1S/C20H22N2O/c21-15-20(22-12-5-2-6-13-22)18-10-7-11-19(14-18)23-16-17-8-3-1-4-9-17/h1,3-4,7-11,14,20H,2,5-6,12-13,16H2. The molecule has 1 fully saturated rings.